The molecule has 0 N–H and O–H groups in total. The van der Waals surface area contributed by atoms with Crippen molar-refractivity contribution in [3.8, 4) is 23.0 Å². The van der Waals surface area contributed by atoms with E-state index in [2.05, 4.69) is 15.2 Å². The molecule has 3 aromatic heterocycles. The third kappa shape index (κ3) is 2.92. The number of ether oxygens (including phenoxy) is 2. The van der Waals surface area contributed by atoms with Gasteiger partial charge < -0.3 is 18.3 Å². The van der Waals surface area contributed by atoms with E-state index in [0.29, 0.717) is 29.1 Å². The Morgan fingerprint density at radius 3 is 2.71 bits per heavy atom. The Labute approximate surface area is 155 Å². The predicted molar refractivity (Wildman–Crippen MR) is 88.9 cm³/mol. The summed E-state index contributed by atoms with van der Waals surface area (Å²) < 4.78 is 55.1. The highest BCUT2D eigenvalue weighted by molar-refractivity contribution is 5.60. The van der Waals surface area contributed by atoms with Crippen LogP contribution in [-0.4, -0.2) is 26.4 Å². The number of imidazole rings is 1. The number of rotatable bonds is 3. The van der Waals surface area contributed by atoms with Gasteiger partial charge in [-0.2, -0.15) is 13.2 Å². The van der Waals surface area contributed by atoms with Gasteiger partial charge in [0.1, 0.15) is 5.65 Å². The van der Waals surface area contributed by atoms with Gasteiger partial charge in [-0.25, -0.2) is 4.98 Å². The quantitative estimate of drug-likeness (QED) is 0.533. The first-order valence-corrected chi connectivity index (χ1v) is 8.23. The zero-order valence-electron chi connectivity index (χ0n) is 14.1. The molecule has 7 nitrogen and oxygen atoms in total. The molecular weight excluding hydrogens is 377 g/mol. The summed E-state index contributed by atoms with van der Waals surface area (Å²) in [6, 6.07) is 8.86. The molecule has 0 saturated heterocycles. The number of nitrogens with zero attached hydrogens (tertiary/aromatic N) is 4. The van der Waals surface area contributed by atoms with Gasteiger partial charge in [-0.1, -0.05) is 6.07 Å². The second-order valence-electron chi connectivity index (χ2n) is 6.19. The smallest absolute Gasteiger partial charge is 0.454 e. The number of pyridine rings is 1. The highest BCUT2D eigenvalue weighted by Gasteiger charge is 2.38. The number of fused-ring (bicyclic) bond motifs is 2. The van der Waals surface area contributed by atoms with Crippen LogP contribution in [0, 0.1) is 0 Å². The summed E-state index contributed by atoms with van der Waals surface area (Å²) in [5.41, 5.74) is 2.70. The molecule has 0 aliphatic carbocycles. The average Bonchev–Trinajstić information content (AvgIpc) is 3.38. The first kappa shape index (κ1) is 16.6. The summed E-state index contributed by atoms with van der Waals surface area (Å²) in [7, 11) is 0. The van der Waals surface area contributed by atoms with E-state index >= 15 is 0 Å². The zero-order chi connectivity index (χ0) is 19.3. The molecule has 0 bridgehead atoms. The largest absolute Gasteiger partial charge is 0.470 e. The van der Waals surface area contributed by atoms with Crippen LogP contribution in [0.25, 0.3) is 17.1 Å². The maximum atomic E-state index is 12.6. The second-order valence-corrected chi connectivity index (χ2v) is 6.19. The molecule has 4 aromatic rings. The maximum absolute atomic E-state index is 12.6. The molecule has 10 heteroatoms. The molecule has 5 rings (SSSR count). The van der Waals surface area contributed by atoms with Crippen LogP contribution >= 0.6 is 0 Å². The molecule has 0 amide bonds. The average molecular weight is 388 g/mol. The lowest BCUT2D eigenvalue weighted by Crippen LogP contribution is -2.04. The van der Waals surface area contributed by atoms with Crippen LogP contribution in [0.3, 0.4) is 0 Å². The fourth-order valence-corrected chi connectivity index (χ4v) is 2.97. The van der Waals surface area contributed by atoms with Crippen LogP contribution in [0.2, 0.25) is 0 Å². The lowest BCUT2D eigenvalue weighted by atomic mass is 10.1. The molecule has 0 fully saturated rings. The number of halogens is 3. The van der Waals surface area contributed by atoms with Crippen LogP contribution in [0.1, 0.15) is 17.1 Å². The monoisotopic (exact) mass is 388 g/mol. The third-order valence-electron chi connectivity index (χ3n) is 4.25. The molecule has 28 heavy (non-hydrogen) atoms. The number of benzene rings is 1. The Balaban J connectivity index is 1.43. The van der Waals surface area contributed by atoms with Gasteiger partial charge >= 0.3 is 12.1 Å². The molecule has 1 aliphatic rings. The standard InChI is InChI=1S/C18H11F3N4O3/c19-18(20,21)17-24-23-16(28-17)11-3-4-25-8-12(22-15(25)7-11)5-10-1-2-13-14(6-10)27-9-26-13/h1-4,6-8H,5,9H2. The highest BCUT2D eigenvalue weighted by Crippen LogP contribution is 2.33. The molecule has 0 saturated carbocycles. The van der Waals surface area contributed by atoms with Crippen LogP contribution in [-0.2, 0) is 12.6 Å². The lowest BCUT2D eigenvalue weighted by molar-refractivity contribution is -0.156. The van der Waals surface area contributed by atoms with Crippen LogP contribution in [0.15, 0.2) is 47.1 Å². The number of aromatic nitrogens is 4. The second kappa shape index (κ2) is 5.98. The van der Waals surface area contributed by atoms with Gasteiger partial charge in [-0.05, 0) is 29.8 Å². The summed E-state index contributed by atoms with van der Waals surface area (Å²) in [6.45, 7) is 0.210. The van der Waals surface area contributed by atoms with Gasteiger partial charge in [-0.3, -0.25) is 0 Å². The van der Waals surface area contributed by atoms with Gasteiger partial charge in [-0.15, -0.1) is 10.2 Å². The fraction of sp³-hybridized carbons (Fsp3) is 0.167. The Bertz CT molecular complexity index is 1180. The van der Waals surface area contributed by atoms with E-state index in [1.807, 2.05) is 24.4 Å². The zero-order valence-corrected chi connectivity index (χ0v) is 14.1. The molecular formula is C18H11F3N4O3. The molecule has 0 spiro atoms. The summed E-state index contributed by atoms with van der Waals surface area (Å²) in [5, 5.41) is 6.51. The highest BCUT2D eigenvalue weighted by atomic mass is 19.4. The van der Waals surface area contributed by atoms with Crippen molar-refractivity contribution >= 4 is 5.65 Å². The van der Waals surface area contributed by atoms with E-state index in [1.54, 1.807) is 22.7 Å². The van der Waals surface area contributed by atoms with Crippen LogP contribution in [0.4, 0.5) is 13.2 Å². The normalized spacial score (nSPS) is 13.4. The topological polar surface area (TPSA) is 74.7 Å². The van der Waals surface area contributed by atoms with Gasteiger partial charge in [0, 0.05) is 24.4 Å². The van der Waals surface area contributed by atoms with E-state index in [9.17, 15) is 13.2 Å². The fourth-order valence-electron chi connectivity index (χ4n) is 2.97. The Morgan fingerprint density at radius 1 is 1.04 bits per heavy atom. The molecule has 1 aromatic carbocycles. The number of hydrogen-bond donors (Lipinski definition) is 0. The van der Waals surface area contributed by atoms with Crippen molar-refractivity contribution in [3.63, 3.8) is 0 Å². The number of alkyl halides is 3. The van der Waals surface area contributed by atoms with E-state index in [0.717, 1.165) is 11.3 Å². The summed E-state index contributed by atoms with van der Waals surface area (Å²) in [6.07, 6.45) is -0.593. The molecule has 0 radical (unpaired) electrons. The summed E-state index contributed by atoms with van der Waals surface area (Å²) >= 11 is 0. The summed E-state index contributed by atoms with van der Waals surface area (Å²) in [5.74, 6) is -0.189. The van der Waals surface area contributed by atoms with Crippen molar-refractivity contribution in [3.05, 3.63) is 59.9 Å². The molecule has 4 heterocycles. The Kier molecular flexibility index (Phi) is 3.54. The minimum Gasteiger partial charge on any atom is -0.454 e. The molecule has 142 valence electrons. The first-order chi connectivity index (χ1) is 13.5. The summed E-state index contributed by atoms with van der Waals surface area (Å²) in [4.78, 5) is 4.52. The van der Waals surface area contributed by atoms with Crippen molar-refractivity contribution in [1.29, 1.82) is 0 Å². The first-order valence-electron chi connectivity index (χ1n) is 8.23. The van der Waals surface area contributed by atoms with Crippen molar-refractivity contribution in [1.82, 2.24) is 19.6 Å². The van der Waals surface area contributed by atoms with Crippen molar-refractivity contribution < 1.29 is 27.1 Å². The Morgan fingerprint density at radius 2 is 1.89 bits per heavy atom. The third-order valence-corrected chi connectivity index (χ3v) is 4.25. The SMILES string of the molecule is FC(F)(F)c1nnc(-c2ccn3cc(Cc4ccc5c(c4)OCO5)nc3c2)o1. The predicted octanol–water partition coefficient (Wildman–Crippen LogP) is 3.72. The van der Waals surface area contributed by atoms with Crippen molar-refractivity contribution in [2.45, 2.75) is 12.6 Å². The van der Waals surface area contributed by atoms with E-state index in [-0.39, 0.29) is 12.7 Å². The van der Waals surface area contributed by atoms with Gasteiger partial charge in [0.25, 0.3) is 0 Å². The minimum atomic E-state index is -4.68. The van der Waals surface area contributed by atoms with Gasteiger partial charge in [0.05, 0.1) is 5.69 Å². The van der Waals surface area contributed by atoms with Crippen LogP contribution < -0.4 is 9.47 Å². The van der Waals surface area contributed by atoms with E-state index in [4.69, 9.17) is 13.9 Å². The van der Waals surface area contributed by atoms with Crippen LogP contribution in [0.5, 0.6) is 11.5 Å². The maximum Gasteiger partial charge on any atom is 0.470 e. The van der Waals surface area contributed by atoms with Gasteiger partial charge in [0.15, 0.2) is 11.5 Å². The van der Waals surface area contributed by atoms with Crippen molar-refractivity contribution in [2.24, 2.45) is 0 Å². The van der Waals surface area contributed by atoms with E-state index in [1.165, 1.54) is 0 Å². The molecule has 0 atom stereocenters. The van der Waals surface area contributed by atoms with Crippen molar-refractivity contribution in [2.75, 3.05) is 6.79 Å². The van der Waals surface area contributed by atoms with Gasteiger partial charge in [0.2, 0.25) is 12.7 Å². The molecule has 1 aliphatic heterocycles. The lowest BCUT2D eigenvalue weighted by Gasteiger charge is -2.00. The Hall–Kier alpha value is -3.56. The minimum absolute atomic E-state index is 0.210. The number of hydrogen-bond acceptors (Lipinski definition) is 6. The van der Waals surface area contributed by atoms with E-state index < -0.39 is 12.1 Å². The molecule has 0 unspecified atom stereocenters.